The molecule has 0 atom stereocenters. The molecule has 1 N–H and O–H groups in total. The molecule has 5 aromatic rings. The van der Waals surface area contributed by atoms with E-state index in [9.17, 15) is 4.79 Å². The molecule has 0 radical (unpaired) electrons. The average Bonchev–Trinajstić information content (AvgIpc) is 3.38. The van der Waals surface area contributed by atoms with Gasteiger partial charge < -0.3 is 4.74 Å². The molecule has 7 heteroatoms. The van der Waals surface area contributed by atoms with Crippen LogP contribution in [-0.4, -0.2) is 26.8 Å². The number of H-pyrrole nitrogens is 1. The van der Waals surface area contributed by atoms with Gasteiger partial charge in [0.15, 0.2) is 5.82 Å². The summed E-state index contributed by atoms with van der Waals surface area (Å²) in [6, 6.07) is 24.6. The molecule has 2 aromatic heterocycles. The van der Waals surface area contributed by atoms with Crippen LogP contribution in [0.25, 0.3) is 33.5 Å². The number of nitrogens with zero attached hydrogens (tertiary/aromatic N) is 3. The van der Waals surface area contributed by atoms with Crippen molar-refractivity contribution >= 4 is 11.0 Å². The van der Waals surface area contributed by atoms with Gasteiger partial charge in [0.25, 0.3) is 6.01 Å². The van der Waals surface area contributed by atoms with Crippen LogP contribution in [0.15, 0.2) is 82.1 Å². The first-order valence-corrected chi connectivity index (χ1v) is 9.47. The summed E-state index contributed by atoms with van der Waals surface area (Å²) in [5, 5.41) is 3.82. The standard InChI is InChI=1S/C23H18N4O3/c1-29-22-24-19-8-4-5-9-20(19)27(22)14-15-10-12-16(13-11-15)17-6-2-3-7-18(17)21-25-23(28)30-26-21/h2-13H,14H2,1H3,(H,25,26,28). The maximum atomic E-state index is 11.4. The summed E-state index contributed by atoms with van der Waals surface area (Å²) in [6.45, 7) is 0.641. The Morgan fingerprint density at radius 2 is 1.70 bits per heavy atom. The third-order valence-corrected chi connectivity index (χ3v) is 5.03. The smallest absolute Gasteiger partial charge is 0.439 e. The number of hydrogen-bond donors (Lipinski definition) is 1. The molecule has 0 fully saturated rings. The van der Waals surface area contributed by atoms with Gasteiger partial charge in [0.2, 0.25) is 0 Å². The van der Waals surface area contributed by atoms with E-state index in [1.165, 1.54) is 0 Å². The topological polar surface area (TPSA) is 85.9 Å². The molecule has 30 heavy (non-hydrogen) atoms. The maximum absolute atomic E-state index is 11.4. The largest absolute Gasteiger partial charge is 0.468 e. The second kappa shape index (κ2) is 7.36. The van der Waals surface area contributed by atoms with E-state index in [1.54, 1.807) is 7.11 Å². The number of rotatable bonds is 5. The highest BCUT2D eigenvalue weighted by atomic mass is 16.5. The first kappa shape index (κ1) is 17.9. The average molecular weight is 398 g/mol. The fraction of sp³-hybridized carbons (Fsp3) is 0.0870. The summed E-state index contributed by atoms with van der Waals surface area (Å²) in [5.74, 6) is -0.161. The molecular formula is C23H18N4O3. The van der Waals surface area contributed by atoms with Crippen molar-refractivity contribution in [1.82, 2.24) is 19.7 Å². The van der Waals surface area contributed by atoms with E-state index >= 15 is 0 Å². The number of aromatic nitrogens is 4. The predicted octanol–water partition coefficient (Wildman–Crippen LogP) is 4.10. The van der Waals surface area contributed by atoms with Gasteiger partial charge in [-0.1, -0.05) is 65.8 Å². The highest BCUT2D eigenvalue weighted by Crippen LogP contribution is 2.30. The normalized spacial score (nSPS) is 11.1. The zero-order chi connectivity index (χ0) is 20.5. The van der Waals surface area contributed by atoms with Gasteiger partial charge >= 0.3 is 5.76 Å². The summed E-state index contributed by atoms with van der Waals surface area (Å²) >= 11 is 0. The number of imidazole rings is 1. The fourth-order valence-corrected chi connectivity index (χ4v) is 3.62. The van der Waals surface area contributed by atoms with Gasteiger partial charge in [-0.2, -0.15) is 4.98 Å². The molecule has 0 spiro atoms. The van der Waals surface area contributed by atoms with Crippen LogP contribution in [0.4, 0.5) is 0 Å². The van der Waals surface area contributed by atoms with Gasteiger partial charge in [-0.25, -0.2) is 4.79 Å². The highest BCUT2D eigenvalue weighted by Gasteiger charge is 2.13. The van der Waals surface area contributed by atoms with Crippen LogP contribution in [0.2, 0.25) is 0 Å². The van der Waals surface area contributed by atoms with Gasteiger partial charge in [-0.05, 0) is 28.8 Å². The fourth-order valence-electron chi connectivity index (χ4n) is 3.62. The van der Waals surface area contributed by atoms with E-state index in [0.29, 0.717) is 18.4 Å². The number of fused-ring (bicyclic) bond motifs is 1. The Kier molecular flexibility index (Phi) is 4.40. The molecule has 2 heterocycles. The second-order valence-corrected chi connectivity index (χ2v) is 6.86. The van der Waals surface area contributed by atoms with E-state index in [-0.39, 0.29) is 0 Å². The summed E-state index contributed by atoms with van der Waals surface area (Å²) in [6.07, 6.45) is 0. The summed E-state index contributed by atoms with van der Waals surface area (Å²) in [4.78, 5) is 18.5. The Balaban J connectivity index is 1.49. The maximum Gasteiger partial charge on any atom is 0.439 e. The van der Waals surface area contributed by atoms with Crippen molar-refractivity contribution in [3.63, 3.8) is 0 Å². The molecular weight excluding hydrogens is 380 g/mol. The number of hydrogen-bond acceptors (Lipinski definition) is 5. The SMILES string of the molecule is COc1nc2ccccc2n1Cc1ccc(-c2ccccc2-c2noc(=O)[nH]2)cc1. The monoisotopic (exact) mass is 398 g/mol. The van der Waals surface area contributed by atoms with E-state index in [1.807, 2.05) is 48.5 Å². The van der Waals surface area contributed by atoms with Crippen LogP contribution in [-0.2, 0) is 6.54 Å². The summed E-state index contributed by atoms with van der Waals surface area (Å²) < 4.78 is 12.2. The number of para-hydroxylation sites is 2. The van der Waals surface area contributed by atoms with Crippen molar-refractivity contribution in [2.24, 2.45) is 0 Å². The zero-order valence-electron chi connectivity index (χ0n) is 16.2. The van der Waals surface area contributed by atoms with Gasteiger partial charge in [0, 0.05) is 5.56 Å². The van der Waals surface area contributed by atoms with Crippen molar-refractivity contribution in [2.75, 3.05) is 7.11 Å². The first-order chi connectivity index (χ1) is 14.7. The third-order valence-electron chi connectivity index (χ3n) is 5.03. The molecule has 0 saturated carbocycles. The van der Waals surface area contributed by atoms with Crippen LogP contribution < -0.4 is 10.5 Å². The lowest BCUT2D eigenvalue weighted by Crippen LogP contribution is -2.02. The van der Waals surface area contributed by atoms with Gasteiger partial charge in [-0.15, -0.1) is 0 Å². The molecule has 0 amide bonds. The zero-order valence-corrected chi connectivity index (χ0v) is 16.2. The minimum absolute atomic E-state index is 0.411. The lowest BCUT2D eigenvalue weighted by Gasteiger charge is -2.10. The van der Waals surface area contributed by atoms with Crippen molar-refractivity contribution in [2.45, 2.75) is 6.54 Å². The Morgan fingerprint density at radius 1 is 0.967 bits per heavy atom. The quantitative estimate of drug-likeness (QED) is 0.482. The van der Waals surface area contributed by atoms with Crippen LogP contribution in [0.3, 0.4) is 0 Å². The van der Waals surface area contributed by atoms with Crippen molar-refractivity contribution in [3.8, 4) is 28.5 Å². The highest BCUT2D eigenvalue weighted by molar-refractivity contribution is 5.80. The lowest BCUT2D eigenvalue weighted by molar-refractivity contribution is 0.364. The lowest BCUT2D eigenvalue weighted by atomic mass is 9.98. The van der Waals surface area contributed by atoms with E-state index in [4.69, 9.17) is 4.74 Å². The van der Waals surface area contributed by atoms with Crippen LogP contribution in [0, 0.1) is 0 Å². The minimum Gasteiger partial charge on any atom is -0.468 e. The number of ether oxygens (including phenoxy) is 1. The Morgan fingerprint density at radius 3 is 2.43 bits per heavy atom. The number of methoxy groups -OCH3 is 1. The van der Waals surface area contributed by atoms with Gasteiger partial charge in [-0.3, -0.25) is 14.1 Å². The molecule has 148 valence electrons. The molecule has 0 bridgehead atoms. The van der Waals surface area contributed by atoms with Gasteiger partial charge in [0.1, 0.15) is 0 Å². The van der Waals surface area contributed by atoms with Crippen LogP contribution >= 0.6 is 0 Å². The minimum atomic E-state index is -0.573. The predicted molar refractivity (Wildman–Crippen MR) is 113 cm³/mol. The molecule has 0 aliphatic rings. The second-order valence-electron chi connectivity index (χ2n) is 6.86. The Hall–Kier alpha value is -4.13. The first-order valence-electron chi connectivity index (χ1n) is 9.47. The number of benzene rings is 3. The molecule has 0 saturated heterocycles. The van der Waals surface area contributed by atoms with Crippen molar-refractivity contribution < 1.29 is 9.26 Å². The number of nitrogens with one attached hydrogen (secondary N) is 1. The number of aromatic amines is 1. The molecule has 0 aliphatic heterocycles. The summed E-state index contributed by atoms with van der Waals surface area (Å²) in [5.41, 5.74) is 5.83. The van der Waals surface area contributed by atoms with Crippen LogP contribution in [0.1, 0.15) is 5.56 Å². The summed E-state index contributed by atoms with van der Waals surface area (Å²) in [7, 11) is 1.63. The van der Waals surface area contributed by atoms with E-state index in [0.717, 1.165) is 33.3 Å². The Bertz CT molecular complexity index is 1380. The van der Waals surface area contributed by atoms with Gasteiger partial charge in [0.05, 0.1) is 24.7 Å². The third kappa shape index (κ3) is 3.16. The Labute approximate surface area is 171 Å². The molecule has 0 aliphatic carbocycles. The molecule has 3 aromatic carbocycles. The van der Waals surface area contributed by atoms with Crippen molar-refractivity contribution in [1.29, 1.82) is 0 Å². The van der Waals surface area contributed by atoms with E-state index in [2.05, 4.69) is 48.5 Å². The van der Waals surface area contributed by atoms with Crippen LogP contribution in [0.5, 0.6) is 6.01 Å². The molecule has 7 nitrogen and oxygen atoms in total. The van der Waals surface area contributed by atoms with E-state index < -0.39 is 5.76 Å². The molecule has 5 rings (SSSR count). The van der Waals surface area contributed by atoms with Crippen molar-refractivity contribution in [3.05, 3.63) is 88.9 Å². The molecule has 0 unspecified atom stereocenters.